The lowest BCUT2D eigenvalue weighted by molar-refractivity contribution is -0.252. The highest BCUT2D eigenvalue weighted by Crippen LogP contribution is 2.43. The molecule has 7 heteroatoms. The highest BCUT2D eigenvalue weighted by Gasteiger charge is 2.48. The van der Waals surface area contributed by atoms with Crippen LogP contribution in [0.5, 0.6) is 5.75 Å². The van der Waals surface area contributed by atoms with E-state index in [-0.39, 0.29) is 18.0 Å². The number of hydrogen-bond acceptors (Lipinski definition) is 7. The minimum Gasteiger partial charge on any atom is -0.508 e. The zero-order valence-electron chi connectivity index (χ0n) is 17.2. The molecule has 158 valence electrons. The topological polar surface area (TPSA) is 75.6 Å². The third-order valence-corrected chi connectivity index (χ3v) is 5.94. The van der Waals surface area contributed by atoms with E-state index in [0.29, 0.717) is 25.4 Å². The second-order valence-electron chi connectivity index (χ2n) is 7.48. The first-order valence-corrected chi connectivity index (χ1v) is 9.70. The van der Waals surface area contributed by atoms with Crippen LogP contribution >= 0.6 is 0 Å². The third-order valence-electron chi connectivity index (χ3n) is 5.94. The van der Waals surface area contributed by atoms with Gasteiger partial charge in [0.25, 0.3) is 0 Å². The van der Waals surface area contributed by atoms with Gasteiger partial charge in [-0.25, -0.2) is 0 Å². The summed E-state index contributed by atoms with van der Waals surface area (Å²) in [6, 6.07) is 7.81. The van der Waals surface area contributed by atoms with Gasteiger partial charge in [0.1, 0.15) is 36.3 Å². The van der Waals surface area contributed by atoms with Crippen molar-refractivity contribution in [2.75, 3.05) is 35.0 Å². The largest absolute Gasteiger partial charge is 0.508 e. The number of hydrogen-bond donors (Lipinski definition) is 1. The molecule has 7 nitrogen and oxygen atoms in total. The molecule has 4 rings (SSSR count). The first-order chi connectivity index (χ1) is 14.1. The van der Waals surface area contributed by atoms with Crippen LogP contribution in [0.1, 0.15) is 22.8 Å². The standard InChI is InChI=1S/C22H28O7/c1-24-11-17-19(25-2)21(26-3)22(27-4)20(29-17)18-15-8-14-10-28-9-13(14)7-12(15)5-6-16(18)23/h5-8,17,19-23H,9-11H2,1-4H3. The first kappa shape index (κ1) is 20.5. The molecule has 2 aromatic rings. The van der Waals surface area contributed by atoms with E-state index in [1.807, 2.05) is 6.07 Å². The van der Waals surface area contributed by atoms with Crippen LogP contribution in [0.15, 0.2) is 24.3 Å². The first-order valence-electron chi connectivity index (χ1n) is 9.70. The summed E-state index contributed by atoms with van der Waals surface area (Å²) in [7, 11) is 6.48. The van der Waals surface area contributed by atoms with Gasteiger partial charge in [-0.15, -0.1) is 0 Å². The van der Waals surface area contributed by atoms with Gasteiger partial charge < -0.3 is 33.5 Å². The summed E-state index contributed by atoms with van der Waals surface area (Å²) in [6.45, 7) is 1.51. The number of aromatic hydroxyl groups is 1. The molecule has 0 spiro atoms. The summed E-state index contributed by atoms with van der Waals surface area (Å²) in [4.78, 5) is 0. The number of methoxy groups -OCH3 is 4. The van der Waals surface area contributed by atoms with Crippen LogP contribution in [0.3, 0.4) is 0 Å². The molecule has 29 heavy (non-hydrogen) atoms. The van der Waals surface area contributed by atoms with E-state index in [2.05, 4.69) is 12.1 Å². The number of phenols is 1. The van der Waals surface area contributed by atoms with Crippen LogP contribution in [0, 0.1) is 0 Å². The van der Waals surface area contributed by atoms with E-state index >= 15 is 0 Å². The Bertz CT molecular complexity index is 868. The molecule has 0 amide bonds. The Labute approximate surface area is 170 Å². The molecule has 2 aliphatic heterocycles. The lowest BCUT2D eigenvalue weighted by Crippen LogP contribution is -2.57. The molecule has 1 saturated heterocycles. The number of fused-ring (bicyclic) bond motifs is 2. The minimum absolute atomic E-state index is 0.158. The van der Waals surface area contributed by atoms with Crippen molar-refractivity contribution in [2.24, 2.45) is 0 Å². The molecule has 0 saturated carbocycles. The Morgan fingerprint density at radius 3 is 2.28 bits per heavy atom. The average molecular weight is 404 g/mol. The molecule has 0 radical (unpaired) electrons. The zero-order valence-corrected chi connectivity index (χ0v) is 17.2. The predicted molar refractivity (Wildman–Crippen MR) is 106 cm³/mol. The maximum atomic E-state index is 10.9. The van der Waals surface area contributed by atoms with Gasteiger partial charge in [0.05, 0.1) is 19.8 Å². The summed E-state index contributed by atoms with van der Waals surface area (Å²) in [5, 5.41) is 12.8. The molecule has 5 atom stereocenters. The fraction of sp³-hybridized carbons (Fsp3) is 0.545. The van der Waals surface area contributed by atoms with Crippen molar-refractivity contribution < 1.29 is 33.5 Å². The van der Waals surface area contributed by atoms with Gasteiger partial charge in [-0.05, 0) is 40.1 Å². The van der Waals surface area contributed by atoms with Gasteiger partial charge in [0, 0.05) is 34.0 Å². The van der Waals surface area contributed by atoms with Crippen molar-refractivity contribution in [2.45, 2.75) is 43.7 Å². The second kappa shape index (κ2) is 8.55. The molecule has 2 aliphatic rings. The predicted octanol–water partition coefficient (Wildman–Crippen LogP) is 2.71. The summed E-state index contributed by atoms with van der Waals surface area (Å²) in [5.74, 6) is 0.158. The Kier molecular flexibility index (Phi) is 6.06. The Morgan fingerprint density at radius 2 is 1.62 bits per heavy atom. The zero-order chi connectivity index (χ0) is 20.5. The third kappa shape index (κ3) is 3.52. The molecule has 2 aromatic carbocycles. The molecule has 0 aliphatic carbocycles. The Morgan fingerprint density at radius 1 is 0.931 bits per heavy atom. The van der Waals surface area contributed by atoms with Crippen molar-refractivity contribution in [1.29, 1.82) is 0 Å². The van der Waals surface area contributed by atoms with Crippen molar-refractivity contribution in [1.82, 2.24) is 0 Å². The maximum absolute atomic E-state index is 10.9. The lowest BCUT2D eigenvalue weighted by Gasteiger charge is -2.45. The van der Waals surface area contributed by atoms with Gasteiger partial charge in [-0.3, -0.25) is 0 Å². The van der Waals surface area contributed by atoms with E-state index in [1.165, 1.54) is 5.56 Å². The summed E-state index contributed by atoms with van der Waals surface area (Å²) in [6.07, 6.45) is -2.16. The molecule has 0 bridgehead atoms. The molecule has 1 fully saturated rings. The number of rotatable bonds is 6. The van der Waals surface area contributed by atoms with Gasteiger partial charge in [0.2, 0.25) is 0 Å². The second-order valence-corrected chi connectivity index (χ2v) is 7.48. The molecule has 1 N–H and O–H groups in total. The van der Waals surface area contributed by atoms with Crippen molar-refractivity contribution in [3.05, 3.63) is 41.0 Å². The normalized spacial score (nSPS) is 29.3. The summed E-state index contributed by atoms with van der Waals surface area (Å²) < 4.78 is 34.6. The quantitative estimate of drug-likeness (QED) is 0.793. The smallest absolute Gasteiger partial charge is 0.122 e. The molecule has 5 unspecified atom stereocenters. The molecule has 2 heterocycles. The average Bonchev–Trinajstić information content (AvgIpc) is 3.19. The highest BCUT2D eigenvalue weighted by atomic mass is 16.6. The molecular weight excluding hydrogens is 376 g/mol. The van der Waals surface area contributed by atoms with E-state index in [9.17, 15) is 5.11 Å². The van der Waals surface area contributed by atoms with Crippen LogP contribution in [-0.2, 0) is 41.6 Å². The fourth-order valence-electron chi connectivity index (χ4n) is 4.57. The van der Waals surface area contributed by atoms with Gasteiger partial charge >= 0.3 is 0 Å². The monoisotopic (exact) mass is 404 g/mol. The van der Waals surface area contributed by atoms with Crippen LogP contribution in [0.2, 0.25) is 0 Å². The lowest BCUT2D eigenvalue weighted by atomic mass is 9.87. The minimum atomic E-state index is -0.555. The van der Waals surface area contributed by atoms with Crippen LogP contribution in [0.4, 0.5) is 0 Å². The van der Waals surface area contributed by atoms with Crippen LogP contribution in [0.25, 0.3) is 10.8 Å². The van der Waals surface area contributed by atoms with Gasteiger partial charge in [-0.1, -0.05) is 6.07 Å². The van der Waals surface area contributed by atoms with Gasteiger partial charge in [0.15, 0.2) is 0 Å². The summed E-state index contributed by atoms with van der Waals surface area (Å²) in [5.41, 5.74) is 2.98. The Balaban J connectivity index is 1.85. The van der Waals surface area contributed by atoms with Crippen LogP contribution in [-0.4, -0.2) is 64.6 Å². The Hall–Kier alpha value is -1.74. The van der Waals surface area contributed by atoms with Crippen molar-refractivity contribution in [3.63, 3.8) is 0 Å². The maximum Gasteiger partial charge on any atom is 0.122 e. The fourth-order valence-corrected chi connectivity index (χ4v) is 4.57. The van der Waals surface area contributed by atoms with E-state index in [4.69, 9.17) is 28.4 Å². The van der Waals surface area contributed by atoms with Crippen molar-refractivity contribution in [3.8, 4) is 5.75 Å². The van der Waals surface area contributed by atoms with Crippen LogP contribution < -0.4 is 0 Å². The highest BCUT2D eigenvalue weighted by molar-refractivity contribution is 5.89. The van der Waals surface area contributed by atoms with Gasteiger partial charge in [-0.2, -0.15) is 0 Å². The SMILES string of the molecule is COCC1OC(c2c(O)ccc3cc4c(cc23)COC4)C(OC)C(OC)C1OC. The van der Waals surface area contributed by atoms with Crippen molar-refractivity contribution >= 4 is 10.8 Å². The van der Waals surface area contributed by atoms with E-state index < -0.39 is 18.3 Å². The number of phenolic OH excluding ortho intramolecular Hbond substituents is 1. The molecular formula is C22H28O7. The van der Waals surface area contributed by atoms with E-state index in [0.717, 1.165) is 16.3 Å². The van der Waals surface area contributed by atoms with E-state index in [1.54, 1.807) is 34.5 Å². The number of benzene rings is 2. The summed E-state index contributed by atoms with van der Waals surface area (Å²) >= 11 is 0. The molecule has 0 aromatic heterocycles. The number of ether oxygens (including phenoxy) is 6.